The van der Waals surface area contributed by atoms with E-state index in [0.29, 0.717) is 11.1 Å². The molecule has 22 heavy (non-hydrogen) atoms. The lowest BCUT2D eigenvalue weighted by atomic mass is 9.87. The van der Waals surface area contributed by atoms with Crippen LogP contribution in [0.2, 0.25) is 0 Å². The Morgan fingerprint density at radius 3 is 1.27 bits per heavy atom. The van der Waals surface area contributed by atoms with E-state index in [1.54, 1.807) is 36.5 Å². The van der Waals surface area contributed by atoms with Gasteiger partial charge in [-0.3, -0.25) is 0 Å². The van der Waals surface area contributed by atoms with Gasteiger partial charge in [0.25, 0.3) is 0 Å². The van der Waals surface area contributed by atoms with Crippen LogP contribution in [0, 0.1) is 45.3 Å². The summed E-state index contributed by atoms with van der Waals surface area (Å²) in [4.78, 5) is 0. The lowest BCUT2D eigenvalue weighted by Crippen LogP contribution is -2.01. The second-order valence-electron chi connectivity index (χ2n) is 4.11. The smallest absolute Gasteiger partial charge is 0.138 e. The summed E-state index contributed by atoms with van der Waals surface area (Å²) in [7, 11) is 0. The third-order valence-corrected chi connectivity index (χ3v) is 2.93. The van der Waals surface area contributed by atoms with Crippen molar-refractivity contribution in [2.75, 3.05) is 0 Å². The summed E-state index contributed by atoms with van der Waals surface area (Å²) >= 11 is 0. The van der Waals surface area contributed by atoms with Crippen LogP contribution in [0.15, 0.2) is 81.4 Å². The molecule has 2 aliphatic carbocycles. The molecule has 0 atom stereocenters. The maximum Gasteiger partial charge on any atom is 0.138 e. The summed E-state index contributed by atoms with van der Waals surface area (Å²) in [6.07, 6.45) is 10.00. The summed E-state index contributed by atoms with van der Waals surface area (Å²) in [5, 5.41) is 36.9. The Balaban J connectivity index is 2.91. The van der Waals surface area contributed by atoms with Crippen LogP contribution >= 0.6 is 0 Å². The summed E-state index contributed by atoms with van der Waals surface area (Å²) in [6.45, 7) is 0. The zero-order chi connectivity index (χ0) is 15.9. The van der Waals surface area contributed by atoms with Gasteiger partial charge in [-0.25, -0.2) is 0 Å². The maximum absolute atomic E-state index is 9.23. The van der Waals surface area contributed by atoms with Crippen LogP contribution in [0.1, 0.15) is 0 Å². The van der Waals surface area contributed by atoms with Gasteiger partial charge in [-0.05, 0) is 24.3 Å². The second-order valence-corrected chi connectivity index (χ2v) is 4.11. The Hall–Kier alpha value is -4.04. The first kappa shape index (κ1) is 14.4. The zero-order valence-corrected chi connectivity index (χ0v) is 11.3. The summed E-state index contributed by atoms with van der Waals surface area (Å²) < 4.78 is 0. The minimum Gasteiger partial charge on any atom is -0.192 e. The van der Waals surface area contributed by atoms with Crippen molar-refractivity contribution in [1.82, 2.24) is 0 Å². The minimum absolute atomic E-state index is 0.185. The molecule has 0 saturated heterocycles. The van der Waals surface area contributed by atoms with Gasteiger partial charge in [0.2, 0.25) is 0 Å². The molecule has 0 bridgehead atoms. The Morgan fingerprint density at radius 1 is 0.682 bits per heavy atom. The van der Waals surface area contributed by atoms with E-state index in [2.05, 4.69) is 11.5 Å². The summed E-state index contributed by atoms with van der Waals surface area (Å²) in [5.41, 5.74) is 6.83. The third-order valence-electron chi connectivity index (χ3n) is 2.93. The van der Waals surface area contributed by atoms with Crippen molar-refractivity contribution in [3.05, 3.63) is 81.4 Å². The van der Waals surface area contributed by atoms with E-state index in [9.17, 15) is 21.0 Å². The van der Waals surface area contributed by atoms with E-state index in [0.717, 1.165) is 0 Å². The van der Waals surface area contributed by atoms with Gasteiger partial charge in [0.15, 0.2) is 0 Å². The Kier molecular flexibility index (Phi) is 4.19. The number of hydrogen-bond donors (Lipinski definition) is 0. The molecule has 0 radical (unpaired) electrons. The predicted octanol–water partition coefficient (Wildman–Crippen LogP) is 2.98. The molecule has 0 aromatic carbocycles. The van der Waals surface area contributed by atoms with Gasteiger partial charge in [0, 0.05) is 22.3 Å². The third kappa shape index (κ3) is 2.48. The van der Waals surface area contributed by atoms with Crippen LogP contribution in [-0.2, 0) is 0 Å². The number of rotatable bonds is 3. The molecule has 0 spiro atoms. The monoisotopic (exact) mass is 278 g/mol. The fourth-order valence-electron chi connectivity index (χ4n) is 2.03. The van der Waals surface area contributed by atoms with Crippen LogP contribution < -0.4 is 0 Å². The van der Waals surface area contributed by atoms with Crippen LogP contribution in [0.4, 0.5) is 0 Å². The van der Waals surface area contributed by atoms with Gasteiger partial charge in [0.1, 0.15) is 35.4 Å². The summed E-state index contributed by atoms with van der Waals surface area (Å²) in [6, 6.07) is 7.27. The molecule has 98 valence electrons. The Morgan fingerprint density at radius 2 is 1.05 bits per heavy atom. The maximum atomic E-state index is 9.23. The fourth-order valence-corrected chi connectivity index (χ4v) is 2.03. The molecular weight excluding hydrogens is 272 g/mol. The second kappa shape index (κ2) is 6.41. The topological polar surface area (TPSA) is 95.2 Å². The number of nitrogens with zero attached hydrogens (tertiary/aromatic N) is 4. The van der Waals surface area contributed by atoms with E-state index >= 15 is 0 Å². The van der Waals surface area contributed by atoms with Crippen molar-refractivity contribution in [2.24, 2.45) is 0 Å². The molecular formula is C18H6N4. The molecule has 0 N–H and O–H groups in total. The highest BCUT2D eigenvalue weighted by atomic mass is 14.3. The molecule has 2 rings (SSSR count). The predicted molar refractivity (Wildman–Crippen MR) is 78.0 cm³/mol. The molecule has 0 fully saturated rings. The van der Waals surface area contributed by atoms with E-state index < -0.39 is 0 Å². The first-order valence-corrected chi connectivity index (χ1v) is 6.13. The van der Waals surface area contributed by atoms with Crippen molar-refractivity contribution in [3.8, 4) is 24.3 Å². The molecule has 0 aromatic rings. The van der Waals surface area contributed by atoms with E-state index in [4.69, 9.17) is 0 Å². The highest BCUT2D eigenvalue weighted by Gasteiger charge is 2.23. The standard InChI is InChI=1S/C18H6N4/c19-9-15(10-20)17(13-5-1-2-6-13)18(16(11-21)12-22)14-7-3-4-8-14/h1-5,7H. The molecule has 0 unspecified atom stereocenters. The Labute approximate surface area is 127 Å². The fraction of sp³-hybridized carbons (Fsp3) is 0. The Bertz CT molecular complexity index is 854. The molecule has 0 aromatic heterocycles. The number of nitriles is 4. The average molecular weight is 278 g/mol. The normalized spacial score (nSPS) is 12.5. The minimum atomic E-state index is -0.185. The van der Waals surface area contributed by atoms with Crippen molar-refractivity contribution in [1.29, 1.82) is 21.0 Å². The van der Waals surface area contributed by atoms with Crippen LogP contribution in [0.25, 0.3) is 0 Å². The largest absolute Gasteiger partial charge is 0.192 e. The molecule has 0 heterocycles. The van der Waals surface area contributed by atoms with Gasteiger partial charge in [0.05, 0.1) is 0 Å². The van der Waals surface area contributed by atoms with Gasteiger partial charge in [-0.15, -0.1) is 11.5 Å². The van der Waals surface area contributed by atoms with E-state index in [1.807, 2.05) is 24.3 Å². The highest BCUT2D eigenvalue weighted by Crippen LogP contribution is 2.33. The quantitative estimate of drug-likeness (QED) is 0.450. The molecule has 0 aliphatic heterocycles. The van der Waals surface area contributed by atoms with E-state index in [1.165, 1.54) is 0 Å². The SMILES string of the molecule is N#CC(C#N)=C(C1=C=CC=C1)C(C1=C=CC=C1)=C(C#N)C#N. The average Bonchev–Trinajstić information content (AvgIpc) is 3.24. The molecule has 4 nitrogen and oxygen atoms in total. The van der Waals surface area contributed by atoms with Crippen LogP contribution in [-0.4, -0.2) is 0 Å². The first-order chi connectivity index (χ1) is 10.8. The lowest BCUT2D eigenvalue weighted by molar-refractivity contribution is 1.33. The van der Waals surface area contributed by atoms with Crippen LogP contribution in [0.5, 0.6) is 0 Å². The van der Waals surface area contributed by atoms with Gasteiger partial charge in [-0.2, -0.15) is 21.0 Å². The lowest BCUT2D eigenvalue weighted by Gasteiger charge is -2.11. The van der Waals surface area contributed by atoms with Gasteiger partial charge in [-0.1, -0.05) is 12.2 Å². The number of hydrogen-bond acceptors (Lipinski definition) is 4. The van der Waals surface area contributed by atoms with Crippen molar-refractivity contribution >= 4 is 0 Å². The molecule has 0 amide bonds. The van der Waals surface area contributed by atoms with Crippen molar-refractivity contribution < 1.29 is 0 Å². The van der Waals surface area contributed by atoms with Gasteiger partial charge >= 0.3 is 0 Å². The van der Waals surface area contributed by atoms with Crippen molar-refractivity contribution in [3.63, 3.8) is 0 Å². The van der Waals surface area contributed by atoms with Crippen molar-refractivity contribution in [2.45, 2.75) is 0 Å². The highest BCUT2D eigenvalue weighted by molar-refractivity contribution is 5.73. The van der Waals surface area contributed by atoms with Crippen LogP contribution in [0.3, 0.4) is 0 Å². The molecule has 4 heteroatoms. The zero-order valence-electron chi connectivity index (χ0n) is 11.3. The van der Waals surface area contributed by atoms with Gasteiger partial charge < -0.3 is 0 Å². The number of allylic oxidation sites excluding steroid dienone is 10. The van der Waals surface area contributed by atoms with E-state index in [-0.39, 0.29) is 22.3 Å². The molecule has 0 saturated carbocycles. The first-order valence-electron chi connectivity index (χ1n) is 6.13. The molecule has 2 aliphatic rings. The summed E-state index contributed by atoms with van der Waals surface area (Å²) in [5.74, 6) is 0.